The van der Waals surface area contributed by atoms with Gasteiger partial charge in [0, 0.05) is 22.6 Å². The standard InChI is InChI=1S/C20H17BrN2O2/c1-25-19-9-7-18(8-10-19)23(14-15-5-3-2-4-6-15)20(24)16-11-17(21)13-22-12-16/h2-13H,14H2,1H3. The van der Waals surface area contributed by atoms with Crippen LogP contribution in [0.3, 0.4) is 0 Å². The number of hydrogen-bond donors (Lipinski definition) is 0. The van der Waals surface area contributed by atoms with Gasteiger partial charge in [-0.25, -0.2) is 0 Å². The van der Waals surface area contributed by atoms with Crippen LogP contribution in [0.2, 0.25) is 0 Å². The van der Waals surface area contributed by atoms with Crippen molar-refractivity contribution in [3.05, 3.63) is 88.7 Å². The van der Waals surface area contributed by atoms with Gasteiger partial charge in [-0.05, 0) is 51.8 Å². The van der Waals surface area contributed by atoms with Gasteiger partial charge >= 0.3 is 0 Å². The number of amides is 1. The molecular weight excluding hydrogens is 380 g/mol. The maximum atomic E-state index is 13.1. The maximum absolute atomic E-state index is 13.1. The van der Waals surface area contributed by atoms with Gasteiger partial charge in [0.25, 0.3) is 5.91 Å². The molecule has 1 heterocycles. The zero-order valence-electron chi connectivity index (χ0n) is 13.7. The second-order valence-electron chi connectivity index (χ2n) is 5.47. The topological polar surface area (TPSA) is 42.4 Å². The van der Waals surface area contributed by atoms with E-state index in [0.717, 1.165) is 21.5 Å². The molecule has 0 radical (unpaired) electrons. The highest BCUT2D eigenvalue weighted by Crippen LogP contribution is 2.24. The van der Waals surface area contributed by atoms with E-state index in [1.165, 1.54) is 0 Å². The Labute approximate surface area is 155 Å². The number of hydrogen-bond acceptors (Lipinski definition) is 3. The Kier molecular flexibility index (Phi) is 5.46. The van der Waals surface area contributed by atoms with Crippen LogP contribution in [0.5, 0.6) is 5.75 Å². The summed E-state index contributed by atoms with van der Waals surface area (Å²) in [5.41, 5.74) is 2.38. The van der Waals surface area contributed by atoms with Gasteiger partial charge in [0.2, 0.25) is 0 Å². The van der Waals surface area contributed by atoms with Crippen molar-refractivity contribution in [1.82, 2.24) is 4.98 Å². The highest BCUT2D eigenvalue weighted by atomic mass is 79.9. The van der Waals surface area contributed by atoms with Crippen LogP contribution in [0.15, 0.2) is 77.5 Å². The number of nitrogens with zero attached hydrogens (tertiary/aromatic N) is 2. The number of benzene rings is 2. The summed E-state index contributed by atoms with van der Waals surface area (Å²) in [6.45, 7) is 0.471. The molecule has 0 N–H and O–H groups in total. The van der Waals surface area contributed by atoms with E-state index in [-0.39, 0.29) is 5.91 Å². The molecule has 0 saturated heterocycles. The molecule has 2 aromatic carbocycles. The van der Waals surface area contributed by atoms with Crippen LogP contribution in [-0.2, 0) is 6.54 Å². The first kappa shape index (κ1) is 17.2. The van der Waals surface area contributed by atoms with Crippen molar-refractivity contribution in [1.29, 1.82) is 0 Å². The number of carbonyl (C=O) groups is 1. The van der Waals surface area contributed by atoms with Crippen LogP contribution in [0.25, 0.3) is 0 Å². The number of rotatable bonds is 5. The van der Waals surface area contributed by atoms with E-state index < -0.39 is 0 Å². The molecule has 1 aromatic heterocycles. The van der Waals surface area contributed by atoms with Gasteiger partial charge in [0.1, 0.15) is 5.75 Å². The number of methoxy groups -OCH3 is 1. The minimum Gasteiger partial charge on any atom is -0.497 e. The number of anilines is 1. The second kappa shape index (κ2) is 7.94. The first-order valence-electron chi connectivity index (χ1n) is 7.78. The Hall–Kier alpha value is -2.66. The van der Waals surface area contributed by atoms with E-state index in [4.69, 9.17) is 4.74 Å². The molecule has 1 amide bonds. The van der Waals surface area contributed by atoms with Crippen LogP contribution < -0.4 is 9.64 Å². The summed E-state index contributed by atoms with van der Waals surface area (Å²) in [6.07, 6.45) is 3.24. The summed E-state index contributed by atoms with van der Waals surface area (Å²) in [5.74, 6) is 0.641. The van der Waals surface area contributed by atoms with E-state index in [2.05, 4.69) is 20.9 Å². The third-order valence-electron chi connectivity index (χ3n) is 3.76. The van der Waals surface area contributed by atoms with E-state index in [9.17, 15) is 4.79 Å². The van der Waals surface area contributed by atoms with Gasteiger partial charge in [0.15, 0.2) is 0 Å². The van der Waals surface area contributed by atoms with E-state index >= 15 is 0 Å². The van der Waals surface area contributed by atoms with Gasteiger partial charge in [-0.2, -0.15) is 0 Å². The summed E-state index contributed by atoms with van der Waals surface area (Å²) in [4.78, 5) is 18.9. The molecule has 4 nitrogen and oxygen atoms in total. The second-order valence-corrected chi connectivity index (χ2v) is 6.38. The monoisotopic (exact) mass is 396 g/mol. The molecule has 0 fully saturated rings. The predicted octanol–water partition coefficient (Wildman–Crippen LogP) is 4.70. The number of halogens is 1. The quantitative estimate of drug-likeness (QED) is 0.627. The Morgan fingerprint density at radius 1 is 1.08 bits per heavy atom. The third-order valence-corrected chi connectivity index (χ3v) is 4.20. The number of aromatic nitrogens is 1. The van der Waals surface area contributed by atoms with E-state index in [1.807, 2.05) is 54.6 Å². The van der Waals surface area contributed by atoms with Gasteiger partial charge in [0.05, 0.1) is 19.2 Å². The third kappa shape index (κ3) is 4.25. The molecule has 0 spiro atoms. The molecule has 0 aliphatic rings. The fourth-order valence-electron chi connectivity index (χ4n) is 2.49. The van der Waals surface area contributed by atoms with Gasteiger partial charge in [-0.3, -0.25) is 9.78 Å². The average Bonchev–Trinajstić information content (AvgIpc) is 2.66. The average molecular weight is 397 g/mol. The molecule has 0 bridgehead atoms. The highest BCUT2D eigenvalue weighted by molar-refractivity contribution is 9.10. The lowest BCUT2D eigenvalue weighted by atomic mass is 10.1. The molecular formula is C20H17BrN2O2. The summed E-state index contributed by atoms with van der Waals surface area (Å²) in [7, 11) is 1.62. The molecule has 3 rings (SSSR count). The van der Waals surface area contributed by atoms with E-state index in [1.54, 1.807) is 30.5 Å². The zero-order chi connectivity index (χ0) is 17.6. The summed E-state index contributed by atoms with van der Waals surface area (Å²) in [6, 6.07) is 19.1. The SMILES string of the molecule is COc1ccc(N(Cc2ccccc2)C(=O)c2cncc(Br)c2)cc1. The highest BCUT2D eigenvalue weighted by Gasteiger charge is 2.19. The summed E-state index contributed by atoms with van der Waals surface area (Å²) >= 11 is 3.37. The zero-order valence-corrected chi connectivity index (χ0v) is 15.3. The molecule has 3 aromatic rings. The summed E-state index contributed by atoms with van der Waals surface area (Å²) in [5, 5.41) is 0. The van der Waals surface area contributed by atoms with Crippen LogP contribution in [0, 0.1) is 0 Å². The van der Waals surface area contributed by atoms with Crippen molar-refractivity contribution in [3.63, 3.8) is 0 Å². The molecule has 0 aliphatic heterocycles. The molecule has 0 saturated carbocycles. The first-order valence-corrected chi connectivity index (χ1v) is 8.57. The van der Waals surface area contributed by atoms with Crippen molar-refractivity contribution >= 4 is 27.5 Å². The smallest absolute Gasteiger partial charge is 0.260 e. The number of ether oxygens (including phenoxy) is 1. The van der Waals surface area contributed by atoms with E-state index in [0.29, 0.717) is 12.1 Å². The van der Waals surface area contributed by atoms with Crippen molar-refractivity contribution in [2.45, 2.75) is 6.54 Å². The summed E-state index contributed by atoms with van der Waals surface area (Å²) < 4.78 is 5.98. The normalized spacial score (nSPS) is 10.3. The molecule has 0 unspecified atom stereocenters. The molecule has 25 heavy (non-hydrogen) atoms. The lowest BCUT2D eigenvalue weighted by molar-refractivity contribution is 0.0984. The van der Waals surface area contributed by atoms with Crippen LogP contribution in [-0.4, -0.2) is 18.0 Å². The van der Waals surface area contributed by atoms with Crippen molar-refractivity contribution in [2.24, 2.45) is 0 Å². The van der Waals surface area contributed by atoms with Gasteiger partial charge in [-0.15, -0.1) is 0 Å². The lowest BCUT2D eigenvalue weighted by Crippen LogP contribution is -2.30. The molecule has 126 valence electrons. The largest absolute Gasteiger partial charge is 0.497 e. The molecule has 5 heteroatoms. The fraction of sp³-hybridized carbons (Fsp3) is 0.100. The Bertz CT molecular complexity index is 851. The first-order chi connectivity index (χ1) is 12.2. The minimum atomic E-state index is -0.109. The maximum Gasteiger partial charge on any atom is 0.260 e. The fourth-order valence-corrected chi connectivity index (χ4v) is 2.86. The van der Waals surface area contributed by atoms with Crippen molar-refractivity contribution in [3.8, 4) is 5.75 Å². The minimum absolute atomic E-state index is 0.109. The lowest BCUT2D eigenvalue weighted by Gasteiger charge is -2.23. The van der Waals surface area contributed by atoms with Gasteiger partial charge < -0.3 is 9.64 Å². The van der Waals surface area contributed by atoms with Crippen LogP contribution in [0.4, 0.5) is 5.69 Å². The Morgan fingerprint density at radius 2 is 1.80 bits per heavy atom. The predicted molar refractivity (Wildman–Crippen MR) is 102 cm³/mol. The Morgan fingerprint density at radius 3 is 2.44 bits per heavy atom. The number of carbonyl (C=O) groups excluding carboxylic acids is 1. The Balaban J connectivity index is 1.96. The van der Waals surface area contributed by atoms with Crippen LogP contribution >= 0.6 is 15.9 Å². The van der Waals surface area contributed by atoms with Gasteiger partial charge in [-0.1, -0.05) is 30.3 Å². The molecule has 0 atom stereocenters. The van der Waals surface area contributed by atoms with Crippen molar-refractivity contribution < 1.29 is 9.53 Å². The molecule has 0 aliphatic carbocycles. The van der Waals surface area contributed by atoms with Crippen molar-refractivity contribution in [2.75, 3.05) is 12.0 Å². The number of pyridine rings is 1. The van der Waals surface area contributed by atoms with Crippen LogP contribution in [0.1, 0.15) is 15.9 Å².